The molecule has 0 amide bonds. The Bertz CT molecular complexity index is 241. The van der Waals surface area contributed by atoms with Crippen molar-refractivity contribution in [3.8, 4) is 0 Å². The fourth-order valence-corrected chi connectivity index (χ4v) is 0.750. The SMILES string of the molecule is C/C=C\c1cccnc1N. The second kappa shape index (κ2) is 3.01. The molecule has 1 aromatic heterocycles. The zero-order valence-electron chi connectivity index (χ0n) is 5.91. The van der Waals surface area contributed by atoms with Crippen LogP contribution in [0.5, 0.6) is 0 Å². The highest BCUT2D eigenvalue weighted by Crippen LogP contribution is 2.07. The Morgan fingerprint density at radius 2 is 2.40 bits per heavy atom. The number of nitrogen functional groups attached to an aromatic ring is 1. The molecule has 2 nitrogen and oxygen atoms in total. The third-order valence-corrected chi connectivity index (χ3v) is 1.22. The van der Waals surface area contributed by atoms with Gasteiger partial charge in [-0.2, -0.15) is 0 Å². The number of anilines is 1. The molecule has 10 heavy (non-hydrogen) atoms. The zero-order valence-corrected chi connectivity index (χ0v) is 5.91. The number of nitrogens with two attached hydrogens (primary N) is 1. The maximum absolute atomic E-state index is 5.54. The lowest BCUT2D eigenvalue weighted by atomic mass is 10.2. The zero-order chi connectivity index (χ0) is 7.40. The number of pyridine rings is 1. The molecule has 1 heterocycles. The van der Waals surface area contributed by atoms with E-state index in [1.807, 2.05) is 31.2 Å². The van der Waals surface area contributed by atoms with Crippen molar-refractivity contribution in [2.24, 2.45) is 0 Å². The van der Waals surface area contributed by atoms with Crippen LogP contribution in [0.4, 0.5) is 5.82 Å². The molecule has 2 N–H and O–H groups in total. The van der Waals surface area contributed by atoms with Gasteiger partial charge in [-0.1, -0.05) is 12.2 Å². The molecule has 0 fully saturated rings. The van der Waals surface area contributed by atoms with Gasteiger partial charge in [0.2, 0.25) is 0 Å². The van der Waals surface area contributed by atoms with Gasteiger partial charge >= 0.3 is 0 Å². The first-order valence-corrected chi connectivity index (χ1v) is 3.18. The van der Waals surface area contributed by atoms with E-state index in [-0.39, 0.29) is 0 Å². The summed E-state index contributed by atoms with van der Waals surface area (Å²) in [7, 11) is 0. The van der Waals surface area contributed by atoms with Crippen LogP contribution in [-0.4, -0.2) is 4.98 Å². The molecule has 0 saturated heterocycles. The van der Waals surface area contributed by atoms with Crippen molar-refractivity contribution in [2.75, 3.05) is 5.73 Å². The van der Waals surface area contributed by atoms with Gasteiger partial charge in [0.1, 0.15) is 5.82 Å². The van der Waals surface area contributed by atoms with Gasteiger partial charge in [-0.15, -0.1) is 0 Å². The number of allylic oxidation sites excluding steroid dienone is 1. The van der Waals surface area contributed by atoms with Crippen LogP contribution in [0.15, 0.2) is 24.4 Å². The predicted molar refractivity (Wildman–Crippen MR) is 43.4 cm³/mol. The lowest BCUT2D eigenvalue weighted by Crippen LogP contribution is -1.91. The Kier molecular flexibility index (Phi) is 2.05. The van der Waals surface area contributed by atoms with Gasteiger partial charge in [-0.05, 0) is 19.1 Å². The van der Waals surface area contributed by atoms with Crippen LogP contribution in [0.2, 0.25) is 0 Å². The van der Waals surface area contributed by atoms with E-state index in [4.69, 9.17) is 5.73 Å². The van der Waals surface area contributed by atoms with Gasteiger partial charge in [-0.3, -0.25) is 0 Å². The summed E-state index contributed by atoms with van der Waals surface area (Å²) in [6.07, 6.45) is 5.55. The fourth-order valence-electron chi connectivity index (χ4n) is 0.750. The summed E-state index contributed by atoms with van der Waals surface area (Å²) in [5.41, 5.74) is 6.52. The largest absolute Gasteiger partial charge is 0.383 e. The fraction of sp³-hybridized carbons (Fsp3) is 0.125. The van der Waals surface area contributed by atoms with Crippen LogP contribution >= 0.6 is 0 Å². The van der Waals surface area contributed by atoms with E-state index >= 15 is 0 Å². The van der Waals surface area contributed by atoms with Crippen molar-refractivity contribution < 1.29 is 0 Å². The maximum Gasteiger partial charge on any atom is 0.130 e. The normalized spacial score (nSPS) is 10.5. The Morgan fingerprint density at radius 1 is 1.60 bits per heavy atom. The van der Waals surface area contributed by atoms with E-state index in [1.54, 1.807) is 6.20 Å². The third kappa shape index (κ3) is 1.35. The molecule has 0 aliphatic heterocycles. The third-order valence-electron chi connectivity index (χ3n) is 1.22. The highest BCUT2D eigenvalue weighted by atomic mass is 14.8. The Morgan fingerprint density at radius 3 is 3.00 bits per heavy atom. The Balaban J connectivity index is 3.03. The summed E-state index contributed by atoms with van der Waals surface area (Å²) in [6.45, 7) is 1.95. The highest BCUT2D eigenvalue weighted by molar-refractivity contribution is 5.60. The summed E-state index contributed by atoms with van der Waals surface area (Å²) in [5, 5.41) is 0. The van der Waals surface area contributed by atoms with Crippen molar-refractivity contribution in [3.05, 3.63) is 30.0 Å². The van der Waals surface area contributed by atoms with Gasteiger partial charge in [0.05, 0.1) is 0 Å². The van der Waals surface area contributed by atoms with Gasteiger partial charge < -0.3 is 5.73 Å². The lowest BCUT2D eigenvalue weighted by Gasteiger charge is -1.95. The smallest absolute Gasteiger partial charge is 0.130 e. The molecular formula is C8H10N2. The van der Waals surface area contributed by atoms with Gasteiger partial charge in [-0.25, -0.2) is 4.98 Å². The van der Waals surface area contributed by atoms with Crippen molar-refractivity contribution in [2.45, 2.75) is 6.92 Å². The molecule has 0 aliphatic carbocycles. The van der Waals surface area contributed by atoms with Crippen molar-refractivity contribution >= 4 is 11.9 Å². The van der Waals surface area contributed by atoms with E-state index in [9.17, 15) is 0 Å². The highest BCUT2D eigenvalue weighted by Gasteiger charge is 1.90. The molecule has 0 atom stereocenters. The number of hydrogen-bond donors (Lipinski definition) is 1. The Hall–Kier alpha value is -1.31. The Labute approximate surface area is 60.4 Å². The minimum atomic E-state index is 0.584. The molecule has 0 bridgehead atoms. The average molecular weight is 134 g/mol. The van der Waals surface area contributed by atoms with E-state index in [0.29, 0.717) is 5.82 Å². The second-order valence-corrected chi connectivity index (χ2v) is 1.98. The first-order valence-electron chi connectivity index (χ1n) is 3.18. The van der Waals surface area contributed by atoms with E-state index in [1.165, 1.54) is 0 Å². The summed E-state index contributed by atoms with van der Waals surface area (Å²) < 4.78 is 0. The topological polar surface area (TPSA) is 38.9 Å². The van der Waals surface area contributed by atoms with Crippen LogP contribution < -0.4 is 5.73 Å². The monoisotopic (exact) mass is 134 g/mol. The first kappa shape index (κ1) is 6.81. The molecule has 0 spiro atoms. The van der Waals surface area contributed by atoms with E-state index in [2.05, 4.69) is 4.98 Å². The maximum atomic E-state index is 5.54. The van der Waals surface area contributed by atoms with Crippen LogP contribution in [-0.2, 0) is 0 Å². The van der Waals surface area contributed by atoms with Crippen LogP contribution in [0.25, 0.3) is 6.08 Å². The molecule has 0 aliphatic rings. The summed E-state index contributed by atoms with van der Waals surface area (Å²) in [6, 6.07) is 3.80. The number of aromatic nitrogens is 1. The quantitative estimate of drug-likeness (QED) is 0.634. The number of nitrogens with zero attached hydrogens (tertiary/aromatic N) is 1. The molecule has 0 saturated carbocycles. The molecule has 1 aromatic rings. The molecule has 1 rings (SSSR count). The molecule has 52 valence electrons. The minimum Gasteiger partial charge on any atom is -0.383 e. The van der Waals surface area contributed by atoms with Crippen LogP contribution in [0, 0.1) is 0 Å². The van der Waals surface area contributed by atoms with Crippen LogP contribution in [0.1, 0.15) is 12.5 Å². The summed E-state index contributed by atoms with van der Waals surface area (Å²) >= 11 is 0. The van der Waals surface area contributed by atoms with E-state index in [0.717, 1.165) is 5.56 Å². The van der Waals surface area contributed by atoms with Gasteiger partial charge in [0.25, 0.3) is 0 Å². The van der Waals surface area contributed by atoms with E-state index < -0.39 is 0 Å². The number of hydrogen-bond acceptors (Lipinski definition) is 2. The standard InChI is InChI=1S/C8H10N2/c1-2-4-7-5-3-6-10-8(7)9/h2-6H,1H3,(H2,9,10)/b4-2-. The lowest BCUT2D eigenvalue weighted by molar-refractivity contribution is 1.32. The summed E-state index contributed by atoms with van der Waals surface area (Å²) in [4.78, 5) is 3.92. The van der Waals surface area contributed by atoms with Crippen molar-refractivity contribution in [3.63, 3.8) is 0 Å². The predicted octanol–water partition coefficient (Wildman–Crippen LogP) is 1.70. The van der Waals surface area contributed by atoms with Gasteiger partial charge in [0, 0.05) is 11.8 Å². The van der Waals surface area contributed by atoms with Gasteiger partial charge in [0.15, 0.2) is 0 Å². The molecular weight excluding hydrogens is 124 g/mol. The molecule has 2 heteroatoms. The van der Waals surface area contributed by atoms with Crippen molar-refractivity contribution in [1.29, 1.82) is 0 Å². The molecule has 0 unspecified atom stereocenters. The van der Waals surface area contributed by atoms with Crippen LogP contribution in [0.3, 0.4) is 0 Å². The average Bonchev–Trinajstić information content (AvgIpc) is 1.94. The van der Waals surface area contributed by atoms with Crippen molar-refractivity contribution in [1.82, 2.24) is 4.98 Å². The molecule has 0 aromatic carbocycles. The summed E-state index contributed by atoms with van der Waals surface area (Å²) in [5.74, 6) is 0.584. The number of rotatable bonds is 1. The molecule has 0 radical (unpaired) electrons. The minimum absolute atomic E-state index is 0.584. The second-order valence-electron chi connectivity index (χ2n) is 1.98. The first-order chi connectivity index (χ1) is 4.84.